The van der Waals surface area contributed by atoms with Crippen molar-refractivity contribution in [3.05, 3.63) is 15.0 Å². The third-order valence-corrected chi connectivity index (χ3v) is 2.95. The van der Waals surface area contributed by atoms with Crippen LogP contribution in [0.3, 0.4) is 0 Å². The third-order valence-electron chi connectivity index (χ3n) is 1.82. The van der Waals surface area contributed by atoms with Gasteiger partial charge in [0.2, 0.25) is 0 Å². The highest BCUT2D eigenvalue weighted by Gasteiger charge is 2.18. The second kappa shape index (κ2) is 4.08. The summed E-state index contributed by atoms with van der Waals surface area (Å²) in [5.74, 6) is -0.375. The Morgan fingerprint density at radius 1 is 1.69 bits per heavy atom. The molecule has 0 amide bonds. The summed E-state index contributed by atoms with van der Waals surface area (Å²) in [4.78, 5) is 11.2. The molecule has 72 valence electrons. The first-order valence-corrected chi connectivity index (χ1v) is 4.99. The minimum Gasteiger partial charge on any atom is -0.464 e. The largest absolute Gasteiger partial charge is 0.464 e. The number of hydrogen-bond donors (Lipinski definition) is 0. The van der Waals surface area contributed by atoms with E-state index in [0.29, 0.717) is 5.69 Å². The van der Waals surface area contributed by atoms with Gasteiger partial charge in [-0.2, -0.15) is 5.10 Å². The zero-order valence-electron chi connectivity index (χ0n) is 7.80. The highest BCUT2D eigenvalue weighted by Crippen LogP contribution is 2.17. The summed E-state index contributed by atoms with van der Waals surface area (Å²) in [7, 11) is 3.19. The van der Waals surface area contributed by atoms with E-state index in [1.807, 2.05) is 14.0 Å². The highest BCUT2D eigenvalue weighted by atomic mass is 127. The Balaban J connectivity index is 3.18. The number of esters is 1. The SMILES string of the molecule is CCc1c(I)c(C(=O)OC)nn1C. The van der Waals surface area contributed by atoms with Gasteiger partial charge in [-0.1, -0.05) is 6.92 Å². The average Bonchev–Trinajstić information content (AvgIpc) is 2.40. The maximum atomic E-state index is 11.2. The first-order valence-electron chi connectivity index (χ1n) is 3.91. The first-order chi connectivity index (χ1) is 6.11. The van der Waals surface area contributed by atoms with Crippen LogP contribution in [0.15, 0.2) is 0 Å². The van der Waals surface area contributed by atoms with Gasteiger partial charge in [-0.25, -0.2) is 4.79 Å². The van der Waals surface area contributed by atoms with E-state index >= 15 is 0 Å². The quantitative estimate of drug-likeness (QED) is 0.611. The number of ether oxygens (including phenoxy) is 1. The van der Waals surface area contributed by atoms with Crippen LogP contribution < -0.4 is 0 Å². The smallest absolute Gasteiger partial charge is 0.359 e. The van der Waals surface area contributed by atoms with E-state index in [9.17, 15) is 4.79 Å². The van der Waals surface area contributed by atoms with Crippen LogP contribution in [0.5, 0.6) is 0 Å². The molecule has 0 unspecified atom stereocenters. The molecule has 0 N–H and O–H groups in total. The number of methoxy groups -OCH3 is 1. The van der Waals surface area contributed by atoms with Gasteiger partial charge in [-0.3, -0.25) is 4.68 Å². The lowest BCUT2D eigenvalue weighted by Gasteiger charge is -1.95. The van der Waals surface area contributed by atoms with E-state index in [2.05, 4.69) is 32.4 Å². The van der Waals surface area contributed by atoms with Gasteiger partial charge in [-0.15, -0.1) is 0 Å². The van der Waals surface area contributed by atoms with E-state index in [4.69, 9.17) is 0 Å². The molecule has 4 nitrogen and oxygen atoms in total. The van der Waals surface area contributed by atoms with Gasteiger partial charge >= 0.3 is 5.97 Å². The molecule has 0 aliphatic rings. The Labute approximate surface area is 90.4 Å². The van der Waals surface area contributed by atoms with Gasteiger partial charge in [0.05, 0.1) is 16.4 Å². The van der Waals surface area contributed by atoms with Crippen LogP contribution in [-0.2, 0) is 18.2 Å². The van der Waals surface area contributed by atoms with Gasteiger partial charge in [-0.05, 0) is 29.0 Å². The number of halogens is 1. The summed E-state index contributed by atoms with van der Waals surface area (Å²) < 4.78 is 7.21. The lowest BCUT2D eigenvalue weighted by Crippen LogP contribution is -2.04. The van der Waals surface area contributed by atoms with Crippen LogP contribution in [0.25, 0.3) is 0 Å². The summed E-state index contributed by atoms with van der Waals surface area (Å²) in [5.41, 5.74) is 1.46. The molecule has 0 fully saturated rings. The molecule has 1 heterocycles. The molecule has 0 aromatic carbocycles. The molecule has 5 heteroatoms. The van der Waals surface area contributed by atoms with E-state index in [1.54, 1.807) is 4.68 Å². The van der Waals surface area contributed by atoms with Crippen LogP contribution in [0, 0.1) is 3.57 Å². The fourth-order valence-corrected chi connectivity index (χ4v) is 2.20. The van der Waals surface area contributed by atoms with Gasteiger partial charge < -0.3 is 4.74 Å². The topological polar surface area (TPSA) is 44.1 Å². The lowest BCUT2D eigenvalue weighted by atomic mass is 10.3. The highest BCUT2D eigenvalue weighted by molar-refractivity contribution is 14.1. The number of aryl methyl sites for hydroxylation is 1. The second-order valence-electron chi connectivity index (χ2n) is 2.58. The standard InChI is InChI=1S/C8H11IN2O2/c1-4-5-6(9)7(8(12)13-3)10-11(5)2/h4H2,1-3H3. The monoisotopic (exact) mass is 294 g/mol. The Bertz CT molecular complexity index is 333. The maximum Gasteiger partial charge on any atom is 0.359 e. The number of nitrogens with zero attached hydrogens (tertiary/aromatic N) is 2. The average molecular weight is 294 g/mol. The number of carbonyl (C=O) groups excluding carboxylic acids is 1. The molecule has 0 aliphatic heterocycles. The zero-order chi connectivity index (χ0) is 10.0. The van der Waals surface area contributed by atoms with Crippen LogP contribution in [0.2, 0.25) is 0 Å². The third kappa shape index (κ3) is 1.84. The molecule has 0 atom stereocenters. The molecular weight excluding hydrogens is 283 g/mol. The fourth-order valence-electron chi connectivity index (χ4n) is 1.14. The van der Waals surface area contributed by atoms with Crippen molar-refractivity contribution >= 4 is 28.6 Å². The molecule has 0 bridgehead atoms. The van der Waals surface area contributed by atoms with Crippen LogP contribution in [-0.4, -0.2) is 22.9 Å². The van der Waals surface area contributed by atoms with Gasteiger partial charge in [0, 0.05) is 7.05 Å². The number of aromatic nitrogens is 2. The Hall–Kier alpha value is -0.590. The van der Waals surface area contributed by atoms with Crippen molar-refractivity contribution in [2.45, 2.75) is 13.3 Å². The van der Waals surface area contributed by atoms with Crippen LogP contribution in [0.1, 0.15) is 23.1 Å². The van der Waals surface area contributed by atoms with Gasteiger partial charge in [0.25, 0.3) is 0 Å². The van der Waals surface area contributed by atoms with Crippen molar-refractivity contribution in [1.29, 1.82) is 0 Å². The minimum atomic E-state index is -0.375. The number of rotatable bonds is 2. The molecule has 0 saturated carbocycles. The summed E-state index contributed by atoms with van der Waals surface area (Å²) >= 11 is 2.12. The van der Waals surface area contributed by atoms with Crippen molar-refractivity contribution < 1.29 is 9.53 Å². The van der Waals surface area contributed by atoms with E-state index < -0.39 is 0 Å². The number of carbonyl (C=O) groups is 1. The molecule has 0 radical (unpaired) electrons. The predicted molar refractivity (Wildman–Crippen MR) is 56.6 cm³/mol. The van der Waals surface area contributed by atoms with Crippen molar-refractivity contribution in [3.63, 3.8) is 0 Å². The Morgan fingerprint density at radius 3 is 2.69 bits per heavy atom. The van der Waals surface area contributed by atoms with Crippen molar-refractivity contribution in [2.75, 3.05) is 7.11 Å². The minimum absolute atomic E-state index is 0.375. The summed E-state index contributed by atoms with van der Waals surface area (Å²) in [5, 5.41) is 4.09. The van der Waals surface area contributed by atoms with E-state index in [1.165, 1.54) is 7.11 Å². The van der Waals surface area contributed by atoms with E-state index in [-0.39, 0.29) is 5.97 Å². The van der Waals surface area contributed by atoms with Gasteiger partial charge in [0.15, 0.2) is 5.69 Å². The summed E-state index contributed by atoms with van der Waals surface area (Å²) in [6.07, 6.45) is 0.860. The number of hydrogen-bond acceptors (Lipinski definition) is 3. The normalized spacial score (nSPS) is 10.2. The lowest BCUT2D eigenvalue weighted by molar-refractivity contribution is 0.0592. The molecule has 1 aromatic heterocycles. The van der Waals surface area contributed by atoms with E-state index in [0.717, 1.165) is 15.7 Å². The molecular formula is C8H11IN2O2. The molecule has 0 saturated heterocycles. The summed E-state index contributed by atoms with van der Waals surface area (Å²) in [6.45, 7) is 2.03. The van der Waals surface area contributed by atoms with Crippen molar-refractivity contribution in [3.8, 4) is 0 Å². The molecule has 1 rings (SSSR count). The fraction of sp³-hybridized carbons (Fsp3) is 0.500. The maximum absolute atomic E-state index is 11.2. The second-order valence-corrected chi connectivity index (χ2v) is 3.66. The molecule has 1 aromatic rings. The van der Waals surface area contributed by atoms with Gasteiger partial charge in [0.1, 0.15) is 0 Å². The van der Waals surface area contributed by atoms with Crippen LogP contribution in [0.4, 0.5) is 0 Å². The Kier molecular flexibility index (Phi) is 3.29. The first kappa shape index (κ1) is 10.5. The van der Waals surface area contributed by atoms with Crippen LogP contribution >= 0.6 is 22.6 Å². The zero-order valence-corrected chi connectivity index (χ0v) is 9.95. The summed E-state index contributed by atoms with van der Waals surface area (Å²) in [6, 6.07) is 0. The molecule has 13 heavy (non-hydrogen) atoms. The Morgan fingerprint density at radius 2 is 2.31 bits per heavy atom. The molecule has 0 spiro atoms. The predicted octanol–water partition coefficient (Wildman–Crippen LogP) is 1.37. The molecule has 0 aliphatic carbocycles. The van der Waals surface area contributed by atoms with Crippen molar-refractivity contribution in [1.82, 2.24) is 9.78 Å². The van der Waals surface area contributed by atoms with Crippen molar-refractivity contribution in [2.24, 2.45) is 7.05 Å².